The second kappa shape index (κ2) is 4.71. The third-order valence-corrected chi connectivity index (χ3v) is 0.767. The normalized spacial score (nSPS) is 11.1. The van der Waals surface area contributed by atoms with E-state index in [-0.39, 0.29) is 12.2 Å². The van der Waals surface area contributed by atoms with Gasteiger partial charge in [-0.2, -0.15) is 0 Å². The van der Waals surface area contributed by atoms with Crippen LogP contribution in [0.1, 0.15) is 27.7 Å². The Morgan fingerprint density at radius 2 is 1.30 bits per heavy atom. The van der Waals surface area contributed by atoms with Gasteiger partial charge in [-0.05, 0) is 27.7 Å². The minimum absolute atomic E-state index is 0.0683. The molecule has 0 radical (unpaired) electrons. The zero-order chi connectivity index (χ0) is 8.15. The highest BCUT2D eigenvalue weighted by Gasteiger charge is 2.04. The molecule has 10 heavy (non-hydrogen) atoms. The van der Waals surface area contributed by atoms with Crippen molar-refractivity contribution < 1.29 is 14.3 Å². The molecule has 3 nitrogen and oxygen atoms in total. The molecule has 0 aromatic heterocycles. The molecule has 0 unspecified atom stereocenters. The van der Waals surface area contributed by atoms with E-state index in [1.54, 1.807) is 27.7 Å². The largest absolute Gasteiger partial charge is 0.832 e. The SMILES string of the molecule is CC(C)OB([O-])OC(C)C. The lowest BCUT2D eigenvalue weighted by molar-refractivity contribution is -0.261. The first kappa shape index (κ1) is 9.94. The molecule has 0 aliphatic rings. The highest BCUT2D eigenvalue weighted by molar-refractivity contribution is 6.32. The van der Waals surface area contributed by atoms with E-state index in [9.17, 15) is 5.02 Å². The van der Waals surface area contributed by atoms with Gasteiger partial charge in [0.25, 0.3) is 0 Å². The van der Waals surface area contributed by atoms with Crippen molar-refractivity contribution in [2.45, 2.75) is 39.9 Å². The Labute approximate surface area is 62.5 Å². The van der Waals surface area contributed by atoms with Gasteiger partial charge < -0.3 is 14.3 Å². The molecule has 0 spiro atoms. The Morgan fingerprint density at radius 3 is 1.50 bits per heavy atom. The van der Waals surface area contributed by atoms with Crippen molar-refractivity contribution in [3.05, 3.63) is 0 Å². The average Bonchev–Trinajstić information content (AvgIpc) is 1.58. The van der Waals surface area contributed by atoms with Crippen molar-refractivity contribution in [1.29, 1.82) is 0 Å². The fraction of sp³-hybridized carbons (Fsp3) is 1.00. The van der Waals surface area contributed by atoms with E-state index in [2.05, 4.69) is 0 Å². The van der Waals surface area contributed by atoms with Gasteiger partial charge in [-0.1, -0.05) is 0 Å². The van der Waals surface area contributed by atoms with Crippen LogP contribution >= 0.6 is 0 Å². The number of rotatable bonds is 4. The molecule has 0 aliphatic carbocycles. The van der Waals surface area contributed by atoms with Crippen LogP contribution < -0.4 is 5.02 Å². The van der Waals surface area contributed by atoms with E-state index >= 15 is 0 Å². The van der Waals surface area contributed by atoms with Gasteiger partial charge in [-0.25, -0.2) is 0 Å². The van der Waals surface area contributed by atoms with Gasteiger partial charge >= 0.3 is 7.32 Å². The minimum Gasteiger partial charge on any atom is -0.832 e. The molecule has 0 rings (SSSR count). The summed E-state index contributed by atoms with van der Waals surface area (Å²) in [5, 5.41) is 10.7. The molecular weight excluding hydrogens is 131 g/mol. The van der Waals surface area contributed by atoms with E-state index in [0.717, 1.165) is 0 Å². The monoisotopic (exact) mass is 145 g/mol. The predicted molar refractivity (Wildman–Crippen MR) is 38.2 cm³/mol. The summed E-state index contributed by atoms with van der Waals surface area (Å²) in [6, 6.07) is 0. The first-order chi connectivity index (χ1) is 4.52. The van der Waals surface area contributed by atoms with Crippen LogP contribution in [0.2, 0.25) is 0 Å². The van der Waals surface area contributed by atoms with E-state index < -0.39 is 7.32 Å². The van der Waals surface area contributed by atoms with Crippen molar-refractivity contribution in [2.24, 2.45) is 0 Å². The first-order valence-electron chi connectivity index (χ1n) is 3.49. The lowest BCUT2D eigenvalue weighted by Gasteiger charge is -2.23. The van der Waals surface area contributed by atoms with Crippen LogP contribution in [0.25, 0.3) is 0 Å². The zero-order valence-corrected chi connectivity index (χ0v) is 6.96. The van der Waals surface area contributed by atoms with Crippen LogP contribution in [0.3, 0.4) is 0 Å². The highest BCUT2D eigenvalue weighted by atomic mass is 16.7. The molecule has 60 valence electrons. The third-order valence-electron chi connectivity index (χ3n) is 0.767. The molecule has 0 amide bonds. The van der Waals surface area contributed by atoms with Gasteiger partial charge in [0.05, 0.1) is 0 Å². The molecule has 0 aromatic rings. The summed E-state index contributed by atoms with van der Waals surface area (Å²) in [4.78, 5) is 0. The maximum absolute atomic E-state index is 10.7. The Balaban J connectivity index is 3.34. The molecule has 0 atom stereocenters. The molecule has 4 heteroatoms. The summed E-state index contributed by atoms with van der Waals surface area (Å²) in [7, 11) is -1.33. The topological polar surface area (TPSA) is 41.5 Å². The predicted octanol–water partition coefficient (Wildman–Crippen LogP) is 0.182. The number of hydrogen-bond donors (Lipinski definition) is 0. The average molecular weight is 145 g/mol. The Bertz CT molecular complexity index is 75.1. The van der Waals surface area contributed by atoms with E-state index in [4.69, 9.17) is 9.31 Å². The van der Waals surface area contributed by atoms with Crippen molar-refractivity contribution in [3.63, 3.8) is 0 Å². The molecule has 0 fully saturated rings. The Kier molecular flexibility index (Phi) is 4.69. The summed E-state index contributed by atoms with van der Waals surface area (Å²) >= 11 is 0. The molecule has 0 saturated heterocycles. The standard InChI is InChI=1S/C6H14BO3/c1-5(2)9-7(8)10-6(3)4/h5-6H,1-4H3/q-1. The van der Waals surface area contributed by atoms with E-state index in [0.29, 0.717) is 0 Å². The summed E-state index contributed by atoms with van der Waals surface area (Å²) in [5.41, 5.74) is 0. The minimum atomic E-state index is -1.33. The molecular formula is C6H14BO3-. The van der Waals surface area contributed by atoms with Crippen LogP contribution in [-0.4, -0.2) is 19.5 Å². The van der Waals surface area contributed by atoms with Crippen molar-refractivity contribution in [2.75, 3.05) is 0 Å². The molecule has 0 heterocycles. The lowest BCUT2D eigenvalue weighted by Crippen LogP contribution is -2.41. The summed E-state index contributed by atoms with van der Waals surface area (Å²) in [6.45, 7) is 7.20. The van der Waals surface area contributed by atoms with Crippen LogP contribution in [0.5, 0.6) is 0 Å². The summed E-state index contributed by atoms with van der Waals surface area (Å²) in [5.74, 6) is 0. The third kappa shape index (κ3) is 6.07. The Morgan fingerprint density at radius 1 is 1.00 bits per heavy atom. The summed E-state index contributed by atoms with van der Waals surface area (Å²) in [6.07, 6.45) is -0.137. The lowest BCUT2D eigenvalue weighted by atomic mass is 10.2. The highest BCUT2D eigenvalue weighted by Crippen LogP contribution is 1.93. The van der Waals surface area contributed by atoms with Crippen molar-refractivity contribution in [3.8, 4) is 0 Å². The van der Waals surface area contributed by atoms with E-state index in [1.807, 2.05) is 0 Å². The van der Waals surface area contributed by atoms with Gasteiger partial charge in [0.15, 0.2) is 0 Å². The fourth-order valence-corrected chi connectivity index (χ4v) is 0.477. The van der Waals surface area contributed by atoms with Gasteiger partial charge in [-0.15, -0.1) is 0 Å². The van der Waals surface area contributed by atoms with Crippen molar-refractivity contribution >= 4 is 7.32 Å². The second-order valence-corrected chi connectivity index (χ2v) is 2.66. The molecule has 0 N–H and O–H groups in total. The maximum atomic E-state index is 10.7. The first-order valence-corrected chi connectivity index (χ1v) is 3.49. The molecule has 0 aliphatic heterocycles. The van der Waals surface area contributed by atoms with Crippen LogP contribution in [-0.2, 0) is 9.31 Å². The van der Waals surface area contributed by atoms with Gasteiger partial charge in [0.2, 0.25) is 0 Å². The maximum Gasteiger partial charge on any atom is 0.345 e. The number of hydrogen-bond acceptors (Lipinski definition) is 3. The van der Waals surface area contributed by atoms with Crippen LogP contribution in [0.15, 0.2) is 0 Å². The Hall–Kier alpha value is -0.0551. The van der Waals surface area contributed by atoms with Gasteiger partial charge in [-0.3, -0.25) is 0 Å². The molecule has 0 saturated carbocycles. The molecule has 0 bridgehead atoms. The smallest absolute Gasteiger partial charge is 0.345 e. The molecule has 0 aromatic carbocycles. The van der Waals surface area contributed by atoms with Crippen molar-refractivity contribution in [1.82, 2.24) is 0 Å². The van der Waals surface area contributed by atoms with E-state index in [1.165, 1.54) is 0 Å². The zero-order valence-electron chi connectivity index (χ0n) is 6.96. The second-order valence-electron chi connectivity index (χ2n) is 2.66. The van der Waals surface area contributed by atoms with Gasteiger partial charge in [0.1, 0.15) is 0 Å². The van der Waals surface area contributed by atoms with Crippen LogP contribution in [0.4, 0.5) is 0 Å². The van der Waals surface area contributed by atoms with Crippen LogP contribution in [0, 0.1) is 0 Å². The fourth-order valence-electron chi connectivity index (χ4n) is 0.477. The quantitative estimate of drug-likeness (QED) is 0.530. The summed E-state index contributed by atoms with van der Waals surface area (Å²) < 4.78 is 9.57. The van der Waals surface area contributed by atoms with Gasteiger partial charge in [0, 0.05) is 12.2 Å².